The molecular weight excluding hydrogens is 354 g/mol. The molecule has 0 aliphatic carbocycles. The third-order valence-electron chi connectivity index (χ3n) is 5.40. The number of anilines is 1. The van der Waals surface area contributed by atoms with Crippen molar-refractivity contribution in [3.8, 4) is 17.0 Å². The largest absolute Gasteiger partial charge is 0.497 e. The Morgan fingerprint density at radius 3 is 2.64 bits per heavy atom. The first kappa shape index (κ1) is 16.7. The van der Waals surface area contributed by atoms with Crippen LogP contribution in [0.2, 0.25) is 0 Å². The lowest BCUT2D eigenvalue weighted by Crippen LogP contribution is -2.33. The lowest BCUT2D eigenvalue weighted by atomic mass is 9.96. The van der Waals surface area contributed by atoms with E-state index >= 15 is 0 Å². The molecule has 1 saturated heterocycles. The van der Waals surface area contributed by atoms with Gasteiger partial charge in [0.05, 0.1) is 30.6 Å². The maximum absolute atomic E-state index is 5.23. The maximum Gasteiger partial charge on any atom is 0.160 e. The van der Waals surface area contributed by atoms with E-state index in [4.69, 9.17) is 4.74 Å². The predicted octanol–water partition coefficient (Wildman–Crippen LogP) is 3.14. The van der Waals surface area contributed by atoms with Gasteiger partial charge < -0.3 is 14.6 Å². The van der Waals surface area contributed by atoms with Crippen LogP contribution >= 0.6 is 0 Å². The highest BCUT2D eigenvalue weighted by molar-refractivity contribution is 5.86. The molecule has 1 fully saturated rings. The van der Waals surface area contributed by atoms with E-state index in [1.165, 1.54) is 0 Å². The highest BCUT2D eigenvalue weighted by Gasteiger charge is 2.25. The number of H-pyrrole nitrogens is 2. The molecular formula is C20H21N7O. The molecule has 1 aliphatic heterocycles. The van der Waals surface area contributed by atoms with E-state index in [0.29, 0.717) is 5.92 Å². The van der Waals surface area contributed by atoms with E-state index in [9.17, 15) is 0 Å². The highest BCUT2D eigenvalue weighted by Crippen LogP contribution is 2.31. The molecule has 0 unspecified atom stereocenters. The van der Waals surface area contributed by atoms with Gasteiger partial charge in [0, 0.05) is 19.0 Å². The van der Waals surface area contributed by atoms with E-state index in [1.807, 2.05) is 30.5 Å². The number of ether oxygens (including phenoxy) is 1. The van der Waals surface area contributed by atoms with E-state index in [0.717, 1.165) is 65.6 Å². The van der Waals surface area contributed by atoms with Gasteiger partial charge in [-0.05, 0) is 42.7 Å². The molecule has 3 aromatic heterocycles. The molecule has 0 amide bonds. The third-order valence-corrected chi connectivity index (χ3v) is 5.40. The first-order chi connectivity index (χ1) is 13.8. The number of hydrogen-bond acceptors (Lipinski definition) is 6. The van der Waals surface area contributed by atoms with Crippen LogP contribution in [-0.4, -0.2) is 50.3 Å². The Morgan fingerprint density at radius 1 is 1.04 bits per heavy atom. The Hall–Kier alpha value is -3.42. The van der Waals surface area contributed by atoms with Crippen molar-refractivity contribution in [2.45, 2.75) is 18.8 Å². The number of fused-ring (bicyclic) bond motifs is 1. The minimum atomic E-state index is 0.421. The number of aromatic amines is 2. The first-order valence-corrected chi connectivity index (χ1v) is 9.40. The number of aromatic nitrogens is 6. The SMILES string of the molecule is COc1ccc(-c2cnc(C3CCN(c4ncnc5[nH]ncc45)CC3)[nH]2)cc1. The van der Waals surface area contributed by atoms with Crippen LogP contribution in [0.4, 0.5) is 5.82 Å². The van der Waals surface area contributed by atoms with E-state index in [1.54, 1.807) is 19.6 Å². The summed E-state index contributed by atoms with van der Waals surface area (Å²) in [5, 5.41) is 7.97. The number of nitrogens with zero attached hydrogens (tertiary/aromatic N) is 5. The lowest BCUT2D eigenvalue weighted by molar-refractivity contribution is 0.415. The second-order valence-corrected chi connectivity index (χ2v) is 7.00. The summed E-state index contributed by atoms with van der Waals surface area (Å²) in [5.41, 5.74) is 2.93. The van der Waals surface area contributed by atoms with Crippen LogP contribution in [0.3, 0.4) is 0 Å². The van der Waals surface area contributed by atoms with Gasteiger partial charge in [0.25, 0.3) is 0 Å². The molecule has 0 radical (unpaired) electrons. The van der Waals surface area contributed by atoms with Gasteiger partial charge in [0.2, 0.25) is 0 Å². The summed E-state index contributed by atoms with van der Waals surface area (Å²) < 4.78 is 5.23. The summed E-state index contributed by atoms with van der Waals surface area (Å²) in [6.45, 7) is 1.86. The smallest absolute Gasteiger partial charge is 0.160 e. The van der Waals surface area contributed by atoms with Crippen LogP contribution in [0.1, 0.15) is 24.6 Å². The maximum atomic E-state index is 5.23. The zero-order valence-corrected chi connectivity index (χ0v) is 15.6. The Morgan fingerprint density at radius 2 is 1.86 bits per heavy atom. The standard InChI is InChI=1S/C20H21N7O/c1-28-15-4-2-13(3-5-15)17-11-21-18(25-17)14-6-8-27(9-7-14)20-16-10-24-26-19(16)22-12-23-20/h2-5,10-12,14H,6-9H2,1H3,(H,21,25)(H,22,23,24,26). The monoisotopic (exact) mass is 375 g/mol. The Labute approximate surface area is 162 Å². The first-order valence-electron chi connectivity index (χ1n) is 9.40. The zero-order chi connectivity index (χ0) is 18.9. The number of piperidine rings is 1. The fraction of sp³-hybridized carbons (Fsp3) is 0.300. The second-order valence-electron chi connectivity index (χ2n) is 7.00. The van der Waals surface area contributed by atoms with Gasteiger partial charge in [-0.2, -0.15) is 5.10 Å². The molecule has 5 rings (SSSR count). The molecule has 0 spiro atoms. The van der Waals surface area contributed by atoms with Crippen LogP contribution in [0.25, 0.3) is 22.3 Å². The molecule has 8 heteroatoms. The zero-order valence-electron chi connectivity index (χ0n) is 15.6. The number of rotatable bonds is 4. The Balaban J connectivity index is 1.29. The quantitative estimate of drug-likeness (QED) is 0.569. The van der Waals surface area contributed by atoms with E-state index in [2.05, 4.69) is 35.0 Å². The summed E-state index contributed by atoms with van der Waals surface area (Å²) in [6, 6.07) is 8.02. The van der Waals surface area contributed by atoms with Crippen LogP contribution in [0, 0.1) is 0 Å². The fourth-order valence-corrected chi connectivity index (χ4v) is 3.83. The number of methoxy groups -OCH3 is 1. The topological polar surface area (TPSA) is 95.6 Å². The summed E-state index contributed by atoms with van der Waals surface area (Å²) in [4.78, 5) is 19.2. The van der Waals surface area contributed by atoms with Gasteiger partial charge in [0.1, 0.15) is 23.7 Å². The number of hydrogen-bond donors (Lipinski definition) is 2. The van der Waals surface area contributed by atoms with Crippen LogP contribution in [-0.2, 0) is 0 Å². The Kier molecular flexibility index (Phi) is 4.16. The number of imidazole rings is 1. The van der Waals surface area contributed by atoms with Crippen molar-refractivity contribution in [1.29, 1.82) is 0 Å². The van der Waals surface area contributed by atoms with Crippen LogP contribution in [0.15, 0.2) is 43.0 Å². The average Bonchev–Trinajstić information content (AvgIpc) is 3.43. The van der Waals surface area contributed by atoms with Gasteiger partial charge in [-0.3, -0.25) is 5.10 Å². The average molecular weight is 375 g/mol. The number of nitrogens with one attached hydrogen (secondary N) is 2. The molecule has 2 N–H and O–H groups in total. The minimum Gasteiger partial charge on any atom is -0.497 e. The fourth-order valence-electron chi connectivity index (χ4n) is 3.83. The molecule has 0 saturated carbocycles. The summed E-state index contributed by atoms with van der Waals surface area (Å²) in [5.74, 6) is 3.29. The molecule has 1 aliphatic rings. The van der Waals surface area contributed by atoms with Crippen molar-refractivity contribution < 1.29 is 4.74 Å². The summed E-state index contributed by atoms with van der Waals surface area (Å²) >= 11 is 0. The molecule has 8 nitrogen and oxygen atoms in total. The molecule has 4 heterocycles. The van der Waals surface area contributed by atoms with Crippen molar-refractivity contribution in [3.63, 3.8) is 0 Å². The third kappa shape index (κ3) is 2.96. The summed E-state index contributed by atoms with van der Waals surface area (Å²) in [7, 11) is 1.68. The molecule has 0 atom stereocenters. The molecule has 1 aromatic carbocycles. The van der Waals surface area contributed by atoms with E-state index < -0.39 is 0 Å². The van der Waals surface area contributed by atoms with Crippen molar-refractivity contribution in [2.24, 2.45) is 0 Å². The predicted molar refractivity (Wildman–Crippen MR) is 106 cm³/mol. The van der Waals surface area contributed by atoms with Crippen molar-refractivity contribution >= 4 is 16.9 Å². The molecule has 142 valence electrons. The lowest BCUT2D eigenvalue weighted by Gasteiger charge is -2.32. The van der Waals surface area contributed by atoms with Gasteiger partial charge in [-0.25, -0.2) is 15.0 Å². The van der Waals surface area contributed by atoms with Gasteiger partial charge in [-0.1, -0.05) is 0 Å². The van der Waals surface area contributed by atoms with E-state index in [-0.39, 0.29) is 0 Å². The molecule has 4 aromatic rings. The van der Waals surface area contributed by atoms with Crippen molar-refractivity contribution in [1.82, 2.24) is 30.1 Å². The minimum absolute atomic E-state index is 0.421. The molecule has 0 bridgehead atoms. The van der Waals surface area contributed by atoms with Crippen molar-refractivity contribution in [3.05, 3.63) is 48.8 Å². The highest BCUT2D eigenvalue weighted by atomic mass is 16.5. The number of benzene rings is 1. The van der Waals surface area contributed by atoms with Gasteiger partial charge in [0.15, 0.2) is 5.65 Å². The Bertz CT molecular complexity index is 1080. The van der Waals surface area contributed by atoms with Crippen LogP contribution < -0.4 is 9.64 Å². The van der Waals surface area contributed by atoms with Crippen LogP contribution in [0.5, 0.6) is 5.75 Å². The van der Waals surface area contributed by atoms with Gasteiger partial charge in [-0.15, -0.1) is 0 Å². The van der Waals surface area contributed by atoms with Crippen molar-refractivity contribution in [2.75, 3.05) is 25.1 Å². The summed E-state index contributed by atoms with van der Waals surface area (Å²) in [6.07, 6.45) is 7.36. The van der Waals surface area contributed by atoms with Gasteiger partial charge >= 0.3 is 0 Å². The second kappa shape index (κ2) is 6.95. The normalized spacial score (nSPS) is 15.2. The molecule has 28 heavy (non-hydrogen) atoms.